The molecule has 1 atom stereocenters. The van der Waals surface area contributed by atoms with Gasteiger partial charge in [-0.15, -0.1) is 0 Å². The van der Waals surface area contributed by atoms with Crippen molar-refractivity contribution in [1.82, 2.24) is 19.9 Å². The third kappa shape index (κ3) is 6.43. The van der Waals surface area contributed by atoms with Gasteiger partial charge in [-0.05, 0) is 50.9 Å². The molecule has 1 aliphatic heterocycles. The van der Waals surface area contributed by atoms with Crippen LogP contribution in [-0.4, -0.2) is 58.7 Å². The Morgan fingerprint density at radius 2 is 1.79 bits per heavy atom. The van der Waals surface area contributed by atoms with Crippen molar-refractivity contribution >= 4 is 23.5 Å². The van der Waals surface area contributed by atoms with Crippen molar-refractivity contribution in [1.29, 1.82) is 0 Å². The van der Waals surface area contributed by atoms with Gasteiger partial charge in [-0.2, -0.15) is 15.0 Å². The molecule has 3 N–H and O–H groups in total. The molecule has 0 amide bonds. The molecule has 1 saturated carbocycles. The normalized spacial score (nSPS) is 19.8. The number of hydrogen-bond donors (Lipinski definition) is 3. The number of halogens is 1. The summed E-state index contributed by atoms with van der Waals surface area (Å²) in [6, 6.07) is 5.56. The Labute approximate surface area is 197 Å². The van der Waals surface area contributed by atoms with Gasteiger partial charge < -0.3 is 20.7 Å². The molecular weight excluding hydrogens is 421 g/mol. The standard InChI is InChI=1S/C24H36FN7O.H2/c1-3-32-14-8-11-19(32)16-26-22-29-23(27-17-9-6-4-5-7-10-17)31-24(30-22)28-18-12-13-21(33-2)20(25)15-18;/h12-13,15,17,19H,3-11,14,16H2,1-2H3,(H3,26,27,28,29,30,31);1H/t19-;/m1./s1. The molecule has 2 aliphatic rings. The Morgan fingerprint density at radius 3 is 2.52 bits per heavy atom. The molecule has 2 fully saturated rings. The first kappa shape index (κ1) is 23.5. The summed E-state index contributed by atoms with van der Waals surface area (Å²) in [4.78, 5) is 16.3. The Kier molecular flexibility index (Phi) is 8.15. The lowest BCUT2D eigenvalue weighted by molar-refractivity contribution is 0.277. The highest BCUT2D eigenvalue weighted by Gasteiger charge is 2.23. The highest BCUT2D eigenvalue weighted by Crippen LogP contribution is 2.25. The van der Waals surface area contributed by atoms with Gasteiger partial charge in [-0.3, -0.25) is 4.90 Å². The van der Waals surface area contributed by atoms with Crippen LogP contribution < -0.4 is 20.7 Å². The summed E-state index contributed by atoms with van der Waals surface area (Å²) < 4.78 is 19.2. The SMILES string of the molecule is CCN1CCC[C@@H]1CNc1nc(Nc2ccc(OC)c(F)c2)nc(NC2CCCCCC2)n1.[HH]. The van der Waals surface area contributed by atoms with Crippen LogP contribution in [0.4, 0.5) is 27.9 Å². The van der Waals surface area contributed by atoms with Crippen molar-refractivity contribution in [3.63, 3.8) is 0 Å². The van der Waals surface area contributed by atoms with E-state index >= 15 is 0 Å². The van der Waals surface area contributed by atoms with Gasteiger partial charge in [0.15, 0.2) is 11.6 Å². The molecular formula is C24H38FN7O. The zero-order valence-corrected chi connectivity index (χ0v) is 19.7. The summed E-state index contributed by atoms with van der Waals surface area (Å²) in [7, 11) is 1.45. The first-order valence-corrected chi connectivity index (χ1v) is 12.3. The third-order valence-electron chi connectivity index (χ3n) is 6.63. The molecule has 1 aromatic heterocycles. The van der Waals surface area contributed by atoms with Gasteiger partial charge in [0.1, 0.15) is 0 Å². The predicted octanol–water partition coefficient (Wildman–Crippen LogP) is 5.04. The van der Waals surface area contributed by atoms with Crippen LogP contribution in [0.15, 0.2) is 18.2 Å². The maximum Gasteiger partial charge on any atom is 0.233 e. The number of nitrogens with zero attached hydrogens (tertiary/aromatic N) is 4. The lowest BCUT2D eigenvalue weighted by Crippen LogP contribution is -2.35. The fourth-order valence-corrected chi connectivity index (χ4v) is 4.81. The van der Waals surface area contributed by atoms with Crippen LogP contribution in [0.3, 0.4) is 0 Å². The van der Waals surface area contributed by atoms with Gasteiger partial charge in [-0.1, -0.05) is 32.6 Å². The van der Waals surface area contributed by atoms with Crippen LogP contribution in [0.5, 0.6) is 5.75 Å². The molecule has 2 aromatic rings. The summed E-state index contributed by atoms with van der Waals surface area (Å²) in [5.74, 6) is 1.22. The zero-order chi connectivity index (χ0) is 23.0. The van der Waals surface area contributed by atoms with Gasteiger partial charge in [0.05, 0.1) is 7.11 Å². The molecule has 1 aromatic carbocycles. The predicted molar refractivity (Wildman–Crippen MR) is 132 cm³/mol. The van der Waals surface area contributed by atoms with E-state index in [1.54, 1.807) is 12.1 Å². The second-order valence-corrected chi connectivity index (χ2v) is 8.92. The maximum absolute atomic E-state index is 14.2. The first-order chi connectivity index (χ1) is 16.1. The lowest BCUT2D eigenvalue weighted by Gasteiger charge is -2.23. The van der Waals surface area contributed by atoms with Crippen molar-refractivity contribution < 1.29 is 10.6 Å². The average Bonchev–Trinajstić information content (AvgIpc) is 3.12. The largest absolute Gasteiger partial charge is 0.494 e. The Hall–Kier alpha value is -2.68. The van der Waals surface area contributed by atoms with Gasteiger partial charge in [0, 0.05) is 31.8 Å². The molecule has 2 heterocycles. The highest BCUT2D eigenvalue weighted by molar-refractivity contribution is 5.57. The summed E-state index contributed by atoms with van der Waals surface area (Å²) >= 11 is 0. The quantitative estimate of drug-likeness (QED) is 0.450. The van der Waals surface area contributed by atoms with Crippen molar-refractivity contribution in [3.05, 3.63) is 24.0 Å². The number of ether oxygens (including phenoxy) is 1. The van der Waals surface area contributed by atoms with E-state index in [0.29, 0.717) is 35.6 Å². The van der Waals surface area contributed by atoms with Crippen LogP contribution in [0.1, 0.15) is 59.7 Å². The minimum absolute atomic E-state index is 0. The van der Waals surface area contributed by atoms with E-state index in [2.05, 4.69) is 42.7 Å². The van der Waals surface area contributed by atoms with E-state index in [1.807, 2.05) is 0 Å². The number of nitrogens with one attached hydrogen (secondary N) is 3. The Morgan fingerprint density at radius 1 is 1.03 bits per heavy atom. The van der Waals surface area contributed by atoms with Crippen LogP contribution in [0, 0.1) is 5.82 Å². The number of anilines is 4. The van der Waals surface area contributed by atoms with E-state index in [1.165, 1.54) is 51.7 Å². The third-order valence-corrected chi connectivity index (χ3v) is 6.63. The summed E-state index contributed by atoms with van der Waals surface area (Å²) in [6.45, 7) is 5.18. The van der Waals surface area contributed by atoms with E-state index in [4.69, 9.17) is 4.74 Å². The molecule has 182 valence electrons. The minimum Gasteiger partial charge on any atom is -0.494 e. The molecule has 1 aliphatic carbocycles. The van der Waals surface area contributed by atoms with E-state index in [-0.39, 0.29) is 7.18 Å². The Bertz CT molecular complexity index is 911. The van der Waals surface area contributed by atoms with Crippen molar-refractivity contribution in [2.24, 2.45) is 0 Å². The minimum atomic E-state index is -0.437. The van der Waals surface area contributed by atoms with Crippen molar-refractivity contribution in [2.45, 2.75) is 70.4 Å². The summed E-state index contributed by atoms with van der Waals surface area (Å²) in [5.41, 5.74) is 0.554. The molecule has 8 nitrogen and oxygen atoms in total. The number of benzene rings is 1. The number of likely N-dealkylation sites (N-methyl/N-ethyl adjacent to an activating group) is 1. The average molecular weight is 460 g/mol. The van der Waals surface area contributed by atoms with Crippen LogP contribution >= 0.6 is 0 Å². The van der Waals surface area contributed by atoms with Gasteiger partial charge in [0.2, 0.25) is 17.8 Å². The molecule has 33 heavy (non-hydrogen) atoms. The highest BCUT2D eigenvalue weighted by atomic mass is 19.1. The van der Waals surface area contributed by atoms with Crippen molar-refractivity contribution in [2.75, 3.05) is 42.7 Å². The van der Waals surface area contributed by atoms with Crippen LogP contribution in [0.2, 0.25) is 0 Å². The first-order valence-electron chi connectivity index (χ1n) is 12.3. The summed E-state index contributed by atoms with van der Waals surface area (Å²) in [5, 5.41) is 10.1. The molecule has 0 bridgehead atoms. The van der Waals surface area contributed by atoms with E-state index in [0.717, 1.165) is 32.5 Å². The number of likely N-dealkylation sites (tertiary alicyclic amines) is 1. The number of hydrogen-bond acceptors (Lipinski definition) is 8. The molecule has 0 radical (unpaired) electrons. The zero-order valence-electron chi connectivity index (χ0n) is 19.7. The van der Waals surface area contributed by atoms with E-state index < -0.39 is 5.82 Å². The maximum atomic E-state index is 14.2. The van der Waals surface area contributed by atoms with Crippen LogP contribution in [-0.2, 0) is 0 Å². The Balaban J connectivity index is 0.00000324. The van der Waals surface area contributed by atoms with Gasteiger partial charge in [0.25, 0.3) is 0 Å². The summed E-state index contributed by atoms with van der Waals surface area (Å²) in [6.07, 6.45) is 9.65. The molecule has 1 saturated heterocycles. The van der Waals surface area contributed by atoms with Gasteiger partial charge in [-0.25, -0.2) is 4.39 Å². The smallest absolute Gasteiger partial charge is 0.233 e. The molecule has 4 rings (SSSR count). The molecule has 9 heteroatoms. The fourth-order valence-electron chi connectivity index (χ4n) is 4.81. The number of aromatic nitrogens is 3. The lowest BCUT2D eigenvalue weighted by atomic mass is 10.1. The number of rotatable bonds is 9. The number of methoxy groups -OCH3 is 1. The van der Waals surface area contributed by atoms with Crippen LogP contribution in [0.25, 0.3) is 0 Å². The second kappa shape index (κ2) is 11.4. The topological polar surface area (TPSA) is 87.2 Å². The second-order valence-electron chi connectivity index (χ2n) is 8.92. The van der Waals surface area contributed by atoms with Gasteiger partial charge >= 0.3 is 0 Å². The fraction of sp³-hybridized carbons (Fsp3) is 0.625. The molecule has 0 unspecified atom stereocenters. The monoisotopic (exact) mass is 459 g/mol. The van der Waals surface area contributed by atoms with E-state index in [9.17, 15) is 4.39 Å². The molecule has 0 spiro atoms. The van der Waals surface area contributed by atoms with Crippen molar-refractivity contribution in [3.8, 4) is 5.75 Å².